The lowest BCUT2D eigenvalue weighted by Gasteiger charge is -2.12. The van der Waals surface area contributed by atoms with Gasteiger partial charge in [0.05, 0.1) is 87.4 Å². The van der Waals surface area contributed by atoms with E-state index in [2.05, 4.69) is 48.6 Å². The number of rotatable bonds is 15. The number of primary amides is 3. The molecule has 8 aromatic carbocycles. The summed E-state index contributed by atoms with van der Waals surface area (Å²) in [6.45, 7) is 0. The molecule has 0 unspecified atom stereocenters. The van der Waals surface area contributed by atoms with Crippen molar-refractivity contribution in [3.8, 4) is 63.6 Å². The van der Waals surface area contributed by atoms with Gasteiger partial charge in [-0.15, -0.1) is 0 Å². The summed E-state index contributed by atoms with van der Waals surface area (Å²) in [5.74, 6) is 8.15. The van der Waals surface area contributed by atoms with Gasteiger partial charge < -0.3 is 73.0 Å². The molecule has 34 heteroatoms. The van der Waals surface area contributed by atoms with Gasteiger partial charge in [0, 0.05) is 127 Å². The molecule has 2 aliphatic carbocycles. The molecule has 0 radical (unpaired) electrons. The van der Waals surface area contributed by atoms with Crippen molar-refractivity contribution >= 4 is 152 Å². The van der Waals surface area contributed by atoms with E-state index in [1.807, 2.05) is 73.4 Å². The number of benzene rings is 8. The molecule has 0 spiro atoms. The summed E-state index contributed by atoms with van der Waals surface area (Å²) < 4.78 is 50.5. The molecule has 14 aromatic rings. The Morgan fingerprint density at radius 1 is 0.565 bits per heavy atom. The second-order valence-corrected chi connectivity index (χ2v) is 27.4. The Kier molecular flexibility index (Phi) is 29.8. The van der Waals surface area contributed by atoms with Gasteiger partial charge >= 0.3 is 0 Å². The van der Waals surface area contributed by atoms with Crippen LogP contribution in [0, 0.1) is 23.1 Å². The Morgan fingerprint density at radius 2 is 0.983 bits per heavy atom. The average Bonchev–Trinajstić information content (AvgIpc) is 1.83. The van der Waals surface area contributed by atoms with Crippen LogP contribution in [0.2, 0.25) is 5.02 Å². The summed E-state index contributed by atoms with van der Waals surface area (Å²) >= 11 is 21.4. The zero-order chi connectivity index (χ0) is 83.3. The molecule has 594 valence electrons. The molecule has 0 saturated heterocycles. The summed E-state index contributed by atoms with van der Waals surface area (Å²) in [4.78, 5) is 48.7. The van der Waals surface area contributed by atoms with Crippen LogP contribution in [-0.2, 0) is 27.6 Å². The fraction of sp³-hybridized carbons (Fsp3) is 0.185. The summed E-state index contributed by atoms with van der Waals surface area (Å²) in [6, 6.07) is 46.2. The first-order valence-electron chi connectivity index (χ1n) is 34.9. The van der Waals surface area contributed by atoms with Crippen molar-refractivity contribution in [3.05, 3.63) is 215 Å². The van der Waals surface area contributed by atoms with Crippen molar-refractivity contribution < 1.29 is 57.4 Å². The van der Waals surface area contributed by atoms with Crippen molar-refractivity contribution in [3.63, 3.8) is 0 Å². The molecule has 2 aliphatic rings. The molecule has 2 fully saturated rings. The first kappa shape index (κ1) is 85.9. The maximum absolute atomic E-state index is 12.5. The number of phenolic OH excluding ortho intramolecular Hbond substituents is 2. The second-order valence-electron chi connectivity index (χ2n) is 25.5. The molecule has 29 nitrogen and oxygen atoms in total. The number of ether oxygens (including phenoxy) is 6. The number of nitrogen functional groups attached to an aromatic ring is 2. The highest BCUT2D eigenvalue weighted by molar-refractivity contribution is 7.82. The number of aromatic hydroxyl groups is 2. The minimum atomic E-state index is -0.692. The van der Waals surface area contributed by atoms with Gasteiger partial charge in [-0.2, -0.15) is 20.6 Å². The molecular weight excluding hydrogens is 1560 g/mol. The van der Waals surface area contributed by atoms with Crippen LogP contribution in [-0.4, -0.2) is 116 Å². The van der Waals surface area contributed by atoms with Crippen LogP contribution in [0.5, 0.6) is 57.5 Å². The van der Waals surface area contributed by atoms with Crippen LogP contribution in [0.4, 0.5) is 16.0 Å². The van der Waals surface area contributed by atoms with E-state index >= 15 is 0 Å². The zero-order valence-corrected chi connectivity index (χ0v) is 66.3. The average molecular weight is 1640 g/mol. The number of fused-ring (bicyclic) bond motifs is 6. The quantitative estimate of drug-likeness (QED) is 0.0197. The van der Waals surface area contributed by atoms with Crippen LogP contribution < -0.4 is 74.1 Å². The number of amides is 3. The third-order valence-corrected chi connectivity index (χ3v) is 17.9. The van der Waals surface area contributed by atoms with E-state index < -0.39 is 23.5 Å². The fourth-order valence-corrected chi connectivity index (χ4v) is 12.0. The monoisotopic (exact) mass is 1630 g/mol. The molecule has 2 saturated carbocycles. The maximum Gasteiger partial charge on any atom is 0.260 e. The maximum atomic E-state index is 12.5. The van der Waals surface area contributed by atoms with E-state index in [1.54, 1.807) is 133 Å². The number of nitrogens with zero attached hydrogens (tertiary/aromatic N) is 10. The van der Waals surface area contributed by atoms with Crippen molar-refractivity contribution in [2.45, 2.75) is 44.6 Å². The number of aromatic nitrogens is 9. The lowest BCUT2D eigenvalue weighted by atomic mass is 10.1. The SMILES string of the molecule is CNN.COc1cc2nccc(Cl)c2cc1C(N)=O.COc1cc2nccc(Oc3ccc4c(CC(=S)CC5CC5)nn(C)c4c3)c2cc1C(N)=O.COc1cc2nccc(Oc3ccc4c(N)nn(C)c4c3)c2cc1C(N)=O.Cn1nc(N)c2ccc(O)cc21.N#Cc1ccc(O)cc1F.NC1CC1.S=C(Cl)Oc1ccccc1. The Morgan fingerprint density at radius 3 is 1.43 bits per heavy atom. The number of halogens is 3. The summed E-state index contributed by atoms with van der Waals surface area (Å²) in [5, 5.41) is 44.3. The smallest absolute Gasteiger partial charge is 0.260 e. The topological polar surface area (TPSA) is 457 Å². The number of hydrogen-bond donors (Lipinski definition) is 10. The van der Waals surface area contributed by atoms with E-state index in [0.29, 0.717) is 107 Å². The van der Waals surface area contributed by atoms with Crippen molar-refractivity contribution in [1.29, 1.82) is 5.26 Å². The Labute approximate surface area is 679 Å². The number of pyridine rings is 3. The van der Waals surface area contributed by atoms with Crippen LogP contribution >= 0.6 is 47.6 Å². The summed E-state index contributed by atoms with van der Waals surface area (Å²) in [5.41, 5.74) is 41.6. The number of hydrazine groups is 1. The van der Waals surface area contributed by atoms with Crippen molar-refractivity contribution in [2.75, 3.05) is 39.8 Å². The van der Waals surface area contributed by atoms with Gasteiger partial charge in [0.1, 0.15) is 69.4 Å². The highest BCUT2D eigenvalue weighted by Gasteiger charge is 2.24. The van der Waals surface area contributed by atoms with Gasteiger partial charge in [-0.3, -0.25) is 54.6 Å². The number of thiocarbonyl (C=S) groups is 2. The predicted octanol–water partition coefficient (Wildman–Crippen LogP) is 13.4. The number of hydrogen-bond acceptors (Lipinski definition) is 25. The molecule has 0 atom stereocenters. The largest absolute Gasteiger partial charge is 0.508 e. The summed E-state index contributed by atoms with van der Waals surface area (Å²) in [7, 11) is 11.6. The fourth-order valence-electron chi connectivity index (χ4n) is 11.2. The Balaban J connectivity index is 0.000000164. The van der Waals surface area contributed by atoms with Gasteiger partial charge in [-0.1, -0.05) is 42.0 Å². The van der Waals surface area contributed by atoms with E-state index in [0.717, 1.165) is 68.1 Å². The first-order chi connectivity index (χ1) is 55.0. The molecule has 0 aliphatic heterocycles. The highest BCUT2D eigenvalue weighted by atomic mass is 35.5. The minimum Gasteiger partial charge on any atom is -0.508 e. The van der Waals surface area contributed by atoms with Gasteiger partial charge in [-0.25, -0.2) is 4.39 Å². The molecular formula is C81H81Cl2FN18O11S2. The third-order valence-electron chi connectivity index (χ3n) is 17.1. The van der Waals surface area contributed by atoms with Crippen LogP contribution in [0.3, 0.4) is 0 Å². The van der Waals surface area contributed by atoms with Crippen LogP contribution in [0.1, 0.15) is 74.4 Å². The molecule has 17 N–H and O–H groups in total. The summed E-state index contributed by atoms with van der Waals surface area (Å²) in [6.07, 6.45) is 11.7. The normalized spacial score (nSPS) is 11.6. The number of anilines is 2. The van der Waals surface area contributed by atoms with Gasteiger partial charge in [-0.05, 0) is 171 Å². The van der Waals surface area contributed by atoms with Crippen LogP contribution in [0.15, 0.2) is 176 Å². The molecule has 115 heavy (non-hydrogen) atoms. The van der Waals surface area contributed by atoms with E-state index in [1.165, 1.54) is 59.1 Å². The van der Waals surface area contributed by atoms with Gasteiger partial charge in [0.15, 0.2) is 11.6 Å². The third kappa shape index (κ3) is 23.0. The minimum absolute atomic E-state index is 0.0196. The molecule has 3 amide bonds. The number of para-hydroxylation sites is 1. The predicted molar refractivity (Wildman–Crippen MR) is 451 cm³/mol. The molecule has 6 aromatic heterocycles. The molecule has 0 bridgehead atoms. The Bertz CT molecular complexity index is 5940. The second kappa shape index (κ2) is 39.9. The standard InChI is InChI=1S/C25H24N4O3S.C19H17N5O3.C11H9ClN2O2.C8H9N3O.C7H5ClOS.C7H4FNO.C3H7N.CH6N2/c1-29-22-10-15(5-6-17(22)21(28-29)11-16(33)9-14-3-4-14)32-23-7-8-27-20-13-24(31-2)19(25(26)30)12-18(20)23;1-24-15-7-10(3-4-11(15)18(20)23-24)27-16-5-6-22-14-9-17(26-2)13(19(21)25)8-12(14)16;1-16-10-5-9-6(4-7(10)11(13)15)8(12)2-3-14-9;1-11-7-4-5(12)2-3-6(7)8(9)10-11;8-7(10)9-6-4-2-1-3-5-6;8-7-3-6(10)2-1-5(7)4-9;4-3-1-2-3;1-3-2/h5-8,10,12-14H,3-4,9,11H2,1-2H3,(H2,26,30);3-9H,1-2H3,(H2,20,23)(H2,21,25);2-5H,1H3,(H2,13,15);2-4,12H,1H3,(H2,9,10);1-5H;1-3,10H;3H,1-2,4H2;3H,2H2,1H3. The van der Waals surface area contributed by atoms with E-state index in [-0.39, 0.29) is 32.7 Å². The van der Waals surface area contributed by atoms with E-state index in [9.17, 15) is 23.9 Å². The van der Waals surface area contributed by atoms with Crippen LogP contribution in [0.25, 0.3) is 65.4 Å². The van der Waals surface area contributed by atoms with E-state index in [4.69, 9.17) is 114 Å². The number of carbonyl (C=O) groups is 3. The lowest BCUT2D eigenvalue weighted by molar-refractivity contribution is 0.0989. The lowest BCUT2D eigenvalue weighted by Crippen LogP contribution is -2.13. The van der Waals surface area contributed by atoms with Gasteiger partial charge in [0.25, 0.3) is 22.2 Å². The number of aryl methyl sites for hydroxylation is 3. The first-order valence-corrected chi connectivity index (χ1v) is 36.5. The number of carbonyl (C=O) groups excluding carboxylic acids is 3. The molecule has 6 heterocycles. The number of methoxy groups -OCH3 is 3. The number of nitriles is 1. The number of phenols is 2. The number of nitrogens with one attached hydrogen (secondary N) is 1. The van der Waals surface area contributed by atoms with Crippen molar-refractivity contribution in [1.82, 2.24) is 49.7 Å². The van der Waals surface area contributed by atoms with Crippen molar-refractivity contribution in [2.24, 2.45) is 55.8 Å². The zero-order valence-electron chi connectivity index (χ0n) is 63.2. The Hall–Kier alpha value is -13.1. The van der Waals surface area contributed by atoms with Gasteiger partial charge in [0.2, 0.25) is 0 Å². The highest BCUT2D eigenvalue weighted by Crippen LogP contribution is 2.39. The number of nitrogens with two attached hydrogens (primary N) is 7. The molecule has 16 rings (SSSR count).